The van der Waals surface area contributed by atoms with Crippen molar-refractivity contribution in [2.24, 2.45) is 5.73 Å². The molecule has 0 spiro atoms. The molecule has 28 heavy (non-hydrogen) atoms. The number of para-hydroxylation sites is 1. The molecule has 1 fully saturated rings. The van der Waals surface area contributed by atoms with Gasteiger partial charge in [-0.3, -0.25) is 4.90 Å². The number of rotatable bonds is 4. The molecule has 0 aromatic heterocycles. The van der Waals surface area contributed by atoms with E-state index in [1.165, 1.54) is 30.5 Å². The number of nitrogens with one attached hydrogen (secondary N) is 1. The lowest BCUT2D eigenvalue weighted by molar-refractivity contribution is 0.161. The SMILES string of the molecule is COc1ccc(-c2cccc3c2NC2=C(CN(C4CCC4)C2)C3N)c(OC)c1. The number of ether oxygens (including phenoxy) is 2. The first kappa shape index (κ1) is 17.6. The number of benzene rings is 2. The van der Waals surface area contributed by atoms with E-state index in [0.29, 0.717) is 0 Å². The average Bonchev–Trinajstić information content (AvgIpc) is 3.09. The fourth-order valence-electron chi connectivity index (χ4n) is 4.64. The molecule has 0 bridgehead atoms. The molecule has 2 heterocycles. The first-order valence-corrected chi connectivity index (χ1v) is 10.0. The normalized spacial score (nSPS) is 21.6. The summed E-state index contributed by atoms with van der Waals surface area (Å²) < 4.78 is 11.0. The number of methoxy groups -OCH3 is 2. The van der Waals surface area contributed by atoms with Gasteiger partial charge in [0.25, 0.3) is 0 Å². The molecule has 3 aliphatic rings. The molecule has 1 saturated carbocycles. The van der Waals surface area contributed by atoms with Crippen LogP contribution in [0.5, 0.6) is 11.5 Å². The zero-order valence-corrected chi connectivity index (χ0v) is 16.5. The maximum absolute atomic E-state index is 6.74. The third-order valence-electron chi connectivity index (χ3n) is 6.50. The first-order chi connectivity index (χ1) is 13.7. The van der Waals surface area contributed by atoms with E-state index in [0.717, 1.165) is 53.0 Å². The Kier molecular flexibility index (Phi) is 4.29. The van der Waals surface area contributed by atoms with E-state index in [1.807, 2.05) is 12.1 Å². The van der Waals surface area contributed by atoms with Crippen molar-refractivity contribution >= 4 is 5.69 Å². The van der Waals surface area contributed by atoms with E-state index in [4.69, 9.17) is 15.2 Å². The molecule has 1 unspecified atom stereocenters. The van der Waals surface area contributed by atoms with Gasteiger partial charge in [-0.2, -0.15) is 0 Å². The maximum atomic E-state index is 6.74. The van der Waals surface area contributed by atoms with Crippen molar-refractivity contribution < 1.29 is 9.47 Å². The molecule has 2 aromatic rings. The number of nitrogens with zero attached hydrogens (tertiary/aromatic N) is 1. The van der Waals surface area contributed by atoms with Gasteiger partial charge in [-0.1, -0.05) is 24.6 Å². The monoisotopic (exact) mass is 377 g/mol. The molecule has 0 amide bonds. The highest BCUT2D eigenvalue weighted by Gasteiger charge is 2.37. The van der Waals surface area contributed by atoms with Crippen molar-refractivity contribution in [3.63, 3.8) is 0 Å². The zero-order valence-electron chi connectivity index (χ0n) is 16.5. The lowest BCUT2D eigenvalue weighted by Gasteiger charge is -2.34. The molecule has 146 valence electrons. The summed E-state index contributed by atoms with van der Waals surface area (Å²) in [6.07, 6.45) is 3.99. The van der Waals surface area contributed by atoms with Crippen LogP contribution in [-0.4, -0.2) is 38.3 Å². The van der Waals surface area contributed by atoms with Crippen LogP contribution in [0.4, 0.5) is 5.69 Å². The Balaban J connectivity index is 1.53. The fraction of sp³-hybridized carbons (Fsp3) is 0.391. The number of anilines is 1. The summed E-state index contributed by atoms with van der Waals surface area (Å²) in [6.45, 7) is 1.96. The Morgan fingerprint density at radius 3 is 2.61 bits per heavy atom. The molecule has 3 N–H and O–H groups in total. The standard InChI is InChI=1S/C23H27N3O2/c1-27-15-9-10-16(21(11-15)28-2)17-7-4-8-18-22(24)19-12-26(14-5-3-6-14)13-20(19)25-23(17)18/h4,7-11,14,22,25H,3,5-6,12-13,24H2,1-2H3. The Morgan fingerprint density at radius 1 is 1.04 bits per heavy atom. The number of hydrogen-bond acceptors (Lipinski definition) is 5. The van der Waals surface area contributed by atoms with E-state index in [1.54, 1.807) is 14.2 Å². The lowest BCUT2D eigenvalue weighted by Crippen LogP contribution is -2.39. The molecule has 5 heteroatoms. The predicted molar refractivity (Wildman–Crippen MR) is 112 cm³/mol. The van der Waals surface area contributed by atoms with Gasteiger partial charge in [0, 0.05) is 42.0 Å². The molecule has 2 aliphatic heterocycles. The average molecular weight is 377 g/mol. The molecule has 0 saturated heterocycles. The minimum Gasteiger partial charge on any atom is -0.497 e. The van der Waals surface area contributed by atoms with Crippen LogP contribution in [0.3, 0.4) is 0 Å². The van der Waals surface area contributed by atoms with Gasteiger partial charge < -0.3 is 20.5 Å². The third-order valence-corrected chi connectivity index (χ3v) is 6.50. The van der Waals surface area contributed by atoms with Gasteiger partial charge in [0.1, 0.15) is 11.5 Å². The maximum Gasteiger partial charge on any atom is 0.130 e. The quantitative estimate of drug-likeness (QED) is 0.846. The minimum absolute atomic E-state index is 0.0551. The summed E-state index contributed by atoms with van der Waals surface area (Å²) in [7, 11) is 3.36. The first-order valence-electron chi connectivity index (χ1n) is 10.0. The van der Waals surface area contributed by atoms with Crippen molar-refractivity contribution in [3.05, 3.63) is 53.2 Å². The van der Waals surface area contributed by atoms with E-state index in [9.17, 15) is 0 Å². The molecule has 1 atom stereocenters. The van der Waals surface area contributed by atoms with E-state index in [2.05, 4.69) is 34.5 Å². The summed E-state index contributed by atoms with van der Waals surface area (Å²) in [4.78, 5) is 2.58. The second-order valence-corrected chi connectivity index (χ2v) is 7.93. The van der Waals surface area contributed by atoms with Crippen LogP contribution in [0.1, 0.15) is 30.9 Å². The van der Waals surface area contributed by atoms with Gasteiger partial charge in [-0.05, 0) is 36.1 Å². The highest BCUT2D eigenvalue weighted by Crippen LogP contribution is 2.46. The highest BCUT2D eigenvalue weighted by atomic mass is 16.5. The second-order valence-electron chi connectivity index (χ2n) is 7.93. The van der Waals surface area contributed by atoms with E-state index >= 15 is 0 Å². The van der Waals surface area contributed by atoms with Gasteiger partial charge in [0.2, 0.25) is 0 Å². The van der Waals surface area contributed by atoms with E-state index in [-0.39, 0.29) is 6.04 Å². The third kappa shape index (κ3) is 2.69. The van der Waals surface area contributed by atoms with Crippen LogP contribution < -0.4 is 20.5 Å². The molecule has 5 rings (SSSR count). The zero-order chi connectivity index (χ0) is 19.3. The largest absolute Gasteiger partial charge is 0.497 e. The molecule has 0 radical (unpaired) electrons. The minimum atomic E-state index is -0.0551. The van der Waals surface area contributed by atoms with Crippen molar-refractivity contribution in [1.29, 1.82) is 0 Å². The summed E-state index contributed by atoms with van der Waals surface area (Å²) >= 11 is 0. The molecule has 1 aliphatic carbocycles. The van der Waals surface area contributed by atoms with Crippen LogP contribution >= 0.6 is 0 Å². The van der Waals surface area contributed by atoms with Gasteiger partial charge in [-0.15, -0.1) is 0 Å². The van der Waals surface area contributed by atoms with Gasteiger partial charge in [-0.25, -0.2) is 0 Å². The summed E-state index contributed by atoms with van der Waals surface area (Å²) in [5.41, 5.74) is 13.8. The number of nitrogens with two attached hydrogens (primary N) is 1. The lowest BCUT2D eigenvalue weighted by atomic mass is 9.89. The van der Waals surface area contributed by atoms with Crippen LogP contribution in [0, 0.1) is 0 Å². The molecular weight excluding hydrogens is 350 g/mol. The predicted octanol–water partition coefficient (Wildman–Crippen LogP) is 3.92. The topological polar surface area (TPSA) is 59.8 Å². The number of hydrogen-bond donors (Lipinski definition) is 2. The number of fused-ring (bicyclic) bond motifs is 1. The van der Waals surface area contributed by atoms with Crippen LogP contribution in [0.25, 0.3) is 11.1 Å². The van der Waals surface area contributed by atoms with Crippen molar-refractivity contribution in [2.75, 3.05) is 32.6 Å². The smallest absolute Gasteiger partial charge is 0.130 e. The van der Waals surface area contributed by atoms with Gasteiger partial charge in [0.15, 0.2) is 0 Å². The van der Waals surface area contributed by atoms with Crippen LogP contribution in [0.2, 0.25) is 0 Å². The molecular formula is C23H27N3O2. The second kappa shape index (κ2) is 6.83. The van der Waals surface area contributed by atoms with Crippen molar-refractivity contribution in [1.82, 2.24) is 4.90 Å². The van der Waals surface area contributed by atoms with Crippen LogP contribution in [0.15, 0.2) is 47.7 Å². The fourth-order valence-corrected chi connectivity index (χ4v) is 4.64. The summed E-state index contributed by atoms with van der Waals surface area (Å²) in [6, 6.07) is 13.0. The summed E-state index contributed by atoms with van der Waals surface area (Å²) in [5, 5.41) is 3.74. The Labute approximate surface area is 166 Å². The molecule has 2 aromatic carbocycles. The van der Waals surface area contributed by atoms with Crippen LogP contribution in [-0.2, 0) is 0 Å². The van der Waals surface area contributed by atoms with Crippen molar-refractivity contribution in [3.8, 4) is 22.6 Å². The molecule has 5 nitrogen and oxygen atoms in total. The van der Waals surface area contributed by atoms with Crippen molar-refractivity contribution in [2.45, 2.75) is 31.3 Å². The Bertz CT molecular complexity index is 949. The Hall–Kier alpha value is -2.50. The van der Waals surface area contributed by atoms with Gasteiger partial charge in [0.05, 0.1) is 25.9 Å². The Morgan fingerprint density at radius 2 is 1.89 bits per heavy atom. The summed E-state index contributed by atoms with van der Waals surface area (Å²) in [5.74, 6) is 1.58. The van der Waals surface area contributed by atoms with E-state index < -0.39 is 0 Å². The highest BCUT2D eigenvalue weighted by molar-refractivity contribution is 5.86. The van der Waals surface area contributed by atoms with Gasteiger partial charge >= 0.3 is 0 Å².